The van der Waals surface area contributed by atoms with Crippen LogP contribution in [0.25, 0.3) is 11.1 Å². The van der Waals surface area contributed by atoms with Crippen LogP contribution < -0.4 is 16.0 Å². The van der Waals surface area contributed by atoms with Crippen LogP contribution in [0.3, 0.4) is 0 Å². The number of benzene rings is 2. The molecule has 0 atom stereocenters. The van der Waals surface area contributed by atoms with Gasteiger partial charge in [0.25, 0.3) is 0 Å². The van der Waals surface area contributed by atoms with Crippen molar-refractivity contribution < 1.29 is 17.6 Å². The Morgan fingerprint density at radius 1 is 1.06 bits per heavy atom. The third-order valence-corrected chi connectivity index (χ3v) is 5.92. The number of nitrogens with zero attached hydrogens (tertiary/aromatic N) is 3. The highest BCUT2D eigenvalue weighted by atomic mass is 19.4. The second-order valence-electron chi connectivity index (χ2n) is 8.48. The van der Waals surface area contributed by atoms with E-state index in [1.807, 2.05) is 60.3 Å². The normalized spacial score (nSPS) is 15.6. The Balaban J connectivity index is 1.44. The molecule has 9 heteroatoms. The lowest BCUT2D eigenvalue weighted by Crippen LogP contribution is -2.38. The smallest absolute Gasteiger partial charge is 0.408 e. The van der Waals surface area contributed by atoms with Crippen LogP contribution in [0.15, 0.2) is 51.7 Å². The molecular formula is C23H27F3N4O2. The molecule has 0 aliphatic carbocycles. The van der Waals surface area contributed by atoms with Crippen LogP contribution in [0.2, 0.25) is 0 Å². The number of oxazole rings is 1. The van der Waals surface area contributed by atoms with Crippen LogP contribution in [0.5, 0.6) is 0 Å². The van der Waals surface area contributed by atoms with Gasteiger partial charge in [-0.15, -0.1) is 0 Å². The maximum Gasteiger partial charge on any atom is 0.419 e. The molecule has 2 heterocycles. The summed E-state index contributed by atoms with van der Waals surface area (Å²) in [6.45, 7) is 2.05. The number of likely N-dealkylation sites (N-methyl/N-ethyl adjacent to an activating group) is 1. The molecule has 1 aliphatic heterocycles. The Hall–Kier alpha value is -2.94. The number of piperidine rings is 1. The summed E-state index contributed by atoms with van der Waals surface area (Å²) in [5.74, 6) is -1.58. The third-order valence-electron chi connectivity index (χ3n) is 5.92. The SMILES string of the molecule is CN(C)CCn1c(=O)oc2ccc(Nc3ccc(N4CCC(C(F)(F)F)CC4)cc3)cc21. The van der Waals surface area contributed by atoms with Gasteiger partial charge in [0.2, 0.25) is 0 Å². The second kappa shape index (κ2) is 8.90. The number of hydrogen-bond donors (Lipinski definition) is 1. The minimum absolute atomic E-state index is 0.129. The third kappa shape index (κ3) is 4.93. The zero-order valence-electron chi connectivity index (χ0n) is 18.2. The molecule has 0 amide bonds. The first kappa shape index (κ1) is 22.3. The molecule has 172 valence electrons. The zero-order chi connectivity index (χ0) is 22.9. The van der Waals surface area contributed by atoms with Crippen LogP contribution in [-0.4, -0.2) is 49.4 Å². The number of fused-ring (bicyclic) bond motifs is 1. The summed E-state index contributed by atoms with van der Waals surface area (Å²) >= 11 is 0. The molecule has 0 bridgehead atoms. The number of hydrogen-bond acceptors (Lipinski definition) is 5. The van der Waals surface area contributed by atoms with E-state index in [1.54, 1.807) is 10.6 Å². The van der Waals surface area contributed by atoms with Crippen molar-refractivity contribution in [3.63, 3.8) is 0 Å². The van der Waals surface area contributed by atoms with Crippen molar-refractivity contribution in [2.45, 2.75) is 25.6 Å². The number of rotatable bonds is 6. The first-order valence-electron chi connectivity index (χ1n) is 10.7. The Bertz CT molecular complexity index is 1110. The average molecular weight is 448 g/mol. The van der Waals surface area contributed by atoms with E-state index in [1.165, 1.54) is 0 Å². The van der Waals surface area contributed by atoms with Gasteiger partial charge in [-0.25, -0.2) is 4.79 Å². The van der Waals surface area contributed by atoms with E-state index in [2.05, 4.69) is 5.32 Å². The monoisotopic (exact) mass is 448 g/mol. The van der Waals surface area contributed by atoms with E-state index >= 15 is 0 Å². The van der Waals surface area contributed by atoms with E-state index in [9.17, 15) is 18.0 Å². The molecule has 6 nitrogen and oxygen atoms in total. The topological polar surface area (TPSA) is 53.7 Å². The average Bonchev–Trinajstić information content (AvgIpc) is 3.06. The van der Waals surface area contributed by atoms with Gasteiger partial charge in [-0.3, -0.25) is 4.57 Å². The minimum Gasteiger partial charge on any atom is -0.408 e. The number of alkyl halides is 3. The quantitative estimate of drug-likeness (QED) is 0.594. The number of anilines is 3. The number of nitrogens with one attached hydrogen (secondary N) is 1. The molecule has 2 aromatic carbocycles. The molecular weight excluding hydrogens is 421 g/mol. The van der Waals surface area contributed by atoms with Gasteiger partial charge in [-0.2, -0.15) is 13.2 Å². The van der Waals surface area contributed by atoms with E-state index < -0.39 is 12.1 Å². The van der Waals surface area contributed by atoms with E-state index in [0.29, 0.717) is 31.8 Å². The molecule has 0 radical (unpaired) electrons. The summed E-state index contributed by atoms with van der Waals surface area (Å²) in [6.07, 6.45) is -3.85. The Labute approximate surface area is 184 Å². The summed E-state index contributed by atoms with van der Waals surface area (Å²) in [7, 11) is 3.89. The zero-order valence-corrected chi connectivity index (χ0v) is 18.2. The van der Waals surface area contributed by atoms with Gasteiger partial charge in [0.05, 0.1) is 11.4 Å². The van der Waals surface area contributed by atoms with E-state index in [4.69, 9.17) is 4.42 Å². The lowest BCUT2D eigenvalue weighted by molar-refractivity contribution is -0.179. The first-order valence-corrected chi connectivity index (χ1v) is 10.7. The van der Waals surface area contributed by atoms with Crippen LogP contribution >= 0.6 is 0 Å². The van der Waals surface area contributed by atoms with Crippen molar-refractivity contribution in [2.75, 3.05) is 43.9 Å². The van der Waals surface area contributed by atoms with Crippen molar-refractivity contribution in [1.82, 2.24) is 9.47 Å². The summed E-state index contributed by atoms with van der Waals surface area (Å²) in [4.78, 5) is 16.2. The Morgan fingerprint density at radius 3 is 2.34 bits per heavy atom. The molecule has 1 aromatic heterocycles. The largest absolute Gasteiger partial charge is 0.419 e. The predicted octanol–water partition coefficient (Wildman–Crippen LogP) is 4.68. The first-order chi connectivity index (χ1) is 15.2. The summed E-state index contributed by atoms with van der Waals surface area (Å²) < 4.78 is 45.6. The van der Waals surface area contributed by atoms with Gasteiger partial charge in [-0.1, -0.05) is 0 Å². The Morgan fingerprint density at radius 2 is 1.72 bits per heavy atom. The summed E-state index contributed by atoms with van der Waals surface area (Å²) in [5.41, 5.74) is 3.85. The van der Waals surface area contributed by atoms with Crippen molar-refractivity contribution in [1.29, 1.82) is 0 Å². The maximum absolute atomic E-state index is 12.9. The van der Waals surface area contributed by atoms with Gasteiger partial charge in [0.15, 0.2) is 5.58 Å². The van der Waals surface area contributed by atoms with Crippen molar-refractivity contribution in [3.8, 4) is 0 Å². The minimum atomic E-state index is -4.10. The number of halogens is 3. The van der Waals surface area contributed by atoms with Crippen LogP contribution in [0.4, 0.5) is 30.2 Å². The molecule has 1 fully saturated rings. The second-order valence-corrected chi connectivity index (χ2v) is 8.48. The predicted molar refractivity (Wildman–Crippen MR) is 120 cm³/mol. The molecule has 0 saturated carbocycles. The van der Waals surface area contributed by atoms with E-state index in [-0.39, 0.29) is 18.6 Å². The molecule has 1 N–H and O–H groups in total. The maximum atomic E-state index is 12.9. The van der Waals surface area contributed by atoms with Gasteiger partial charge in [0.1, 0.15) is 0 Å². The molecule has 1 aliphatic rings. The Kier molecular flexibility index (Phi) is 6.19. The fourth-order valence-electron chi connectivity index (χ4n) is 4.04. The fourth-order valence-corrected chi connectivity index (χ4v) is 4.04. The van der Waals surface area contributed by atoms with Crippen molar-refractivity contribution in [2.24, 2.45) is 5.92 Å². The molecule has 0 spiro atoms. The molecule has 0 unspecified atom stereocenters. The van der Waals surface area contributed by atoms with Crippen LogP contribution in [0, 0.1) is 5.92 Å². The highest BCUT2D eigenvalue weighted by molar-refractivity contribution is 5.79. The lowest BCUT2D eigenvalue weighted by Gasteiger charge is -2.34. The molecule has 32 heavy (non-hydrogen) atoms. The van der Waals surface area contributed by atoms with Crippen LogP contribution in [-0.2, 0) is 6.54 Å². The highest BCUT2D eigenvalue weighted by Crippen LogP contribution is 2.35. The standard InChI is InChI=1S/C23H27F3N4O2/c1-28(2)13-14-30-20-15-18(5-8-21(20)32-22(30)31)27-17-3-6-19(7-4-17)29-11-9-16(10-12-29)23(24,25)26/h3-8,15-16,27H,9-14H2,1-2H3. The van der Waals surface area contributed by atoms with Gasteiger partial charge in [-0.05, 0) is 69.4 Å². The highest BCUT2D eigenvalue weighted by Gasteiger charge is 2.41. The molecule has 4 rings (SSSR count). The van der Waals surface area contributed by atoms with Gasteiger partial charge in [0, 0.05) is 43.2 Å². The lowest BCUT2D eigenvalue weighted by atomic mass is 9.96. The van der Waals surface area contributed by atoms with Crippen molar-refractivity contribution in [3.05, 3.63) is 53.0 Å². The van der Waals surface area contributed by atoms with Gasteiger partial charge >= 0.3 is 11.9 Å². The molecule has 3 aromatic rings. The number of aromatic nitrogens is 1. The fraction of sp³-hybridized carbons (Fsp3) is 0.435. The van der Waals surface area contributed by atoms with E-state index in [0.717, 1.165) is 22.6 Å². The molecule has 1 saturated heterocycles. The summed E-state index contributed by atoms with van der Waals surface area (Å²) in [6, 6.07) is 13.1. The van der Waals surface area contributed by atoms with Crippen LogP contribution in [0.1, 0.15) is 12.8 Å². The summed E-state index contributed by atoms with van der Waals surface area (Å²) in [5, 5.41) is 3.32. The van der Waals surface area contributed by atoms with Crippen molar-refractivity contribution >= 4 is 28.2 Å². The van der Waals surface area contributed by atoms with Gasteiger partial charge < -0.3 is 19.5 Å².